The lowest BCUT2D eigenvalue weighted by atomic mass is 10.1. The van der Waals surface area contributed by atoms with Crippen LogP contribution in [0, 0.1) is 11.8 Å². The summed E-state index contributed by atoms with van der Waals surface area (Å²) in [5.41, 5.74) is 5.01. The molecule has 0 aromatic heterocycles. The Labute approximate surface area is 68.2 Å². The highest BCUT2D eigenvalue weighted by Crippen LogP contribution is 1.91. The van der Waals surface area contributed by atoms with E-state index in [4.69, 9.17) is 10.8 Å². The number of nitrogens with two attached hydrogens (primary N) is 1. The zero-order valence-electron chi connectivity index (χ0n) is 6.51. The van der Waals surface area contributed by atoms with Crippen LogP contribution >= 0.6 is 12.4 Å². The van der Waals surface area contributed by atoms with Crippen molar-refractivity contribution in [2.45, 2.75) is 32.4 Å². The highest BCUT2D eigenvalue weighted by atomic mass is 35.5. The van der Waals surface area contributed by atoms with Crippen LogP contribution < -0.4 is 5.73 Å². The second kappa shape index (κ2) is 4.56. The zero-order chi connectivity index (χ0) is 7.49. The van der Waals surface area contributed by atoms with E-state index in [-0.39, 0.29) is 12.4 Å². The average Bonchev–Trinajstić information content (AvgIpc) is 1.59. The van der Waals surface area contributed by atoms with Gasteiger partial charge < -0.3 is 10.8 Å². The molecule has 3 heteroatoms. The summed E-state index contributed by atoms with van der Waals surface area (Å²) in [7, 11) is 0. The fraction of sp³-hybridized carbons (Fsp3) is 0.714. The van der Waals surface area contributed by atoms with E-state index in [9.17, 15) is 0 Å². The zero-order valence-corrected chi connectivity index (χ0v) is 7.33. The predicted octanol–water partition coefficient (Wildman–Crippen LogP) is 0.530. The Morgan fingerprint density at radius 3 is 2.00 bits per heavy atom. The van der Waals surface area contributed by atoms with Gasteiger partial charge in [0.25, 0.3) is 0 Å². The summed E-state index contributed by atoms with van der Waals surface area (Å²) < 4.78 is 0. The molecule has 2 nitrogen and oxygen atoms in total. The van der Waals surface area contributed by atoms with Gasteiger partial charge in [-0.3, -0.25) is 0 Å². The molecule has 0 saturated heterocycles. The number of aliphatic hydroxyl groups is 1. The normalized spacial score (nSPS) is 12.5. The molecule has 0 aliphatic carbocycles. The summed E-state index contributed by atoms with van der Waals surface area (Å²) in [6.45, 7) is 5.20. The van der Waals surface area contributed by atoms with Crippen molar-refractivity contribution in [1.82, 2.24) is 0 Å². The summed E-state index contributed by atoms with van der Waals surface area (Å²) in [4.78, 5) is 0. The molecule has 0 spiro atoms. The van der Waals surface area contributed by atoms with Crippen LogP contribution in [-0.4, -0.2) is 16.7 Å². The van der Waals surface area contributed by atoms with Gasteiger partial charge in [0.05, 0.1) is 5.54 Å². The van der Waals surface area contributed by atoms with Crippen LogP contribution in [-0.2, 0) is 0 Å². The molecule has 1 atom stereocenters. The minimum absolute atomic E-state index is 0. The van der Waals surface area contributed by atoms with Crippen LogP contribution in [0.3, 0.4) is 0 Å². The number of hydrogen-bond acceptors (Lipinski definition) is 2. The Kier molecular flexibility index (Phi) is 5.68. The Balaban J connectivity index is 0. The molecule has 60 valence electrons. The fourth-order valence-electron chi connectivity index (χ4n) is 0.290. The first-order chi connectivity index (χ1) is 3.92. The maximum Gasteiger partial charge on any atom is 0.112 e. The summed E-state index contributed by atoms with van der Waals surface area (Å²) in [6, 6.07) is 0. The standard InChI is InChI=1S/C7H13NO.ClH/c1-6(9)4-5-7(2,3)8;/h6,9H,8H2,1-3H3;1H. The molecule has 10 heavy (non-hydrogen) atoms. The Bertz CT molecular complexity index is 138. The minimum Gasteiger partial charge on any atom is -0.381 e. The molecular formula is C7H14ClNO. The van der Waals surface area contributed by atoms with Gasteiger partial charge >= 0.3 is 0 Å². The van der Waals surface area contributed by atoms with E-state index in [1.165, 1.54) is 0 Å². The Hall–Kier alpha value is -0.230. The summed E-state index contributed by atoms with van der Waals surface area (Å²) >= 11 is 0. The van der Waals surface area contributed by atoms with Crippen molar-refractivity contribution in [3.05, 3.63) is 0 Å². The van der Waals surface area contributed by atoms with Crippen molar-refractivity contribution in [1.29, 1.82) is 0 Å². The van der Waals surface area contributed by atoms with Gasteiger partial charge in [-0.15, -0.1) is 12.4 Å². The summed E-state index contributed by atoms with van der Waals surface area (Å²) in [5.74, 6) is 5.27. The molecule has 0 bridgehead atoms. The van der Waals surface area contributed by atoms with E-state index in [0.717, 1.165) is 0 Å². The van der Waals surface area contributed by atoms with Crippen LogP contribution in [0.2, 0.25) is 0 Å². The topological polar surface area (TPSA) is 46.2 Å². The molecule has 0 fully saturated rings. The second-order valence-corrected chi connectivity index (χ2v) is 2.67. The first-order valence-corrected chi connectivity index (χ1v) is 2.91. The molecule has 3 N–H and O–H groups in total. The van der Waals surface area contributed by atoms with Gasteiger partial charge in [0, 0.05) is 0 Å². The van der Waals surface area contributed by atoms with E-state index in [0.29, 0.717) is 0 Å². The van der Waals surface area contributed by atoms with Gasteiger partial charge in [0.15, 0.2) is 0 Å². The number of aliphatic hydroxyl groups excluding tert-OH is 1. The largest absolute Gasteiger partial charge is 0.381 e. The number of halogens is 1. The minimum atomic E-state index is -0.576. The third kappa shape index (κ3) is 10.7. The average molecular weight is 164 g/mol. The van der Waals surface area contributed by atoms with Gasteiger partial charge in [-0.2, -0.15) is 0 Å². The van der Waals surface area contributed by atoms with Gasteiger partial charge in [-0.25, -0.2) is 0 Å². The third-order valence-electron chi connectivity index (χ3n) is 0.603. The van der Waals surface area contributed by atoms with Crippen molar-refractivity contribution in [3.8, 4) is 11.8 Å². The third-order valence-corrected chi connectivity index (χ3v) is 0.603. The monoisotopic (exact) mass is 163 g/mol. The maximum absolute atomic E-state index is 8.69. The lowest BCUT2D eigenvalue weighted by Crippen LogP contribution is -2.29. The van der Waals surface area contributed by atoms with Gasteiger partial charge in [0.2, 0.25) is 0 Å². The SMILES string of the molecule is CC(O)C#CC(C)(C)N.Cl. The number of hydrogen-bond donors (Lipinski definition) is 2. The quantitative estimate of drug-likeness (QED) is 0.512. The van der Waals surface area contributed by atoms with Crippen molar-refractivity contribution >= 4 is 12.4 Å². The highest BCUT2D eigenvalue weighted by molar-refractivity contribution is 5.85. The van der Waals surface area contributed by atoms with Crippen LogP contribution in [0.1, 0.15) is 20.8 Å². The lowest BCUT2D eigenvalue weighted by Gasteiger charge is -2.07. The number of rotatable bonds is 0. The molecular weight excluding hydrogens is 150 g/mol. The first-order valence-electron chi connectivity index (χ1n) is 2.91. The first kappa shape index (κ1) is 12.4. The van der Waals surface area contributed by atoms with Gasteiger partial charge in [-0.05, 0) is 20.8 Å². The van der Waals surface area contributed by atoms with Gasteiger partial charge in [0.1, 0.15) is 6.10 Å². The molecule has 0 radical (unpaired) electrons. The fourth-order valence-corrected chi connectivity index (χ4v) is 0.290. The van der Waals surface area contributed by atoms with E-state index < -0.39 is 11.6 Å². The molecule has 0 aliphatic heterocycles. The van der Waals surface area contributed by atoms with Crippen LogP contribution in [0.4, 0.5) is 0 Å². The molecule has 0 aliphatic rings. The lowest BCUT2D eigenvalue weighted by molar-refractivity contribution is 0.253. The second-order valence-electron chi connectivity index (χ2n) is 2.67. The van der Waals surface area contributed by atoms with E-state index in [2.05, 4.69) is 11.8 Å². The van der Waals surface area contributed by atoms with E-state index in [1.807, 2.05) is 0 Å². The summed E-state index contributed by atoms with van der Waals surface area (Å²) in [6.07, 6.45) is -0.576. The molecule has 1 unspecified atom stereocenters. The molecule has 0 rings (SSSR count). The Morgan fingerprint density at radius 1 is 1.50 bits per heavy atom. The van der Waals surface area contributed by atoms with Gasteiger partial charge in [-0.1, -0.05) is 11.8 Å². The van der Waals surface area contributed by atoms with E-state index in [1.54, 1.807) is 20.8 Å². The molecule has 0 amide bonds. The highest BCUT2D eigenvalue weighted by Gasteiger charge is 2.03. The van der Waals surface area contributed by atoms with Crippen molar-refractivity contribution < 1.29 is 5.11 Å². The molecule has 0 heterocycles. The summed E-state index contributed by atoms with van der Waals surface area (Å²) in [5, 5.41) is 8.69. The van der Waals surface area contributed by atoms with Crippen molar-refractivity contribution in [2.24, 2.45) is 5.73 Å². The maximum atomic E-state index is 8.69. The smallest absolute Gasteiger partial charge is 0.112 e. The van der Waals surface area contributed by atoms with Crippen LogP contribution in [0.25, 0.3) is 0 Å². The molecule has 0 saturated carbocycles. The van der Waals surface area contributed by atoms with Crippen LogP contribution in [0.15, 0.2) is 0 Å². The Morgan fingerprint density at radius 2 is 1.90 bits per heavy atom. The van der Waals surface area contributed by atoms with Crippen molar-refractivity contribution in [3.63, 3.8) is 0 Å². The molecule has 0 aromatic carbocycles. The predicted molar refractivity (Wildman–Crippen MR) is 45.0 cm³/mol. The molecule has 0 aromatic rings. The van der Waals surface area contributed by atoms with Crippen LogP contribution in [0.5, 0.6) is 0 Å². The van der Waals surface area contributed by atoms with E-state index >= 15 is 0 Å². The van der Waals surface area contributed by atoms with Crippen molar-refractivity contribution in [2.75, 3.05) is 0 Å².